The summed E-state index contributed by atoms with van der Waals surface area (Å²) in [6.07, 6.45) is -0.531. The van der Waals surface area contributed by atoms with E-state index in [2.05, 4.69) is 27.7 Å². The van der Waals surface area contributed by atoms with Crippen molar-refractivity contribution in [3.8, 4) is 0 Å². The van der Waals surface area contributed by atoms with Gasteiger partial charge in [-0.2, -0.15) is 0 Å². The second kappa shape index (κ2) is 14.4. The smallest absolute Gasteiger partial charge is 0.412 e. The summed E-state index contributed by atoms with van der Waals surface area (Å²) in [4.78, 5) is 27.1. The van der Waals surface area contributed by atoms with Crippen LogP contribution < -0.4 is 0 Å². The summed E-state index contributed by atoms with van der Waals surface area (Å²) in [5.41, 5.74) is 0.892. The molecule has 0 aromatic heterocycles. The average molecular weight is 492 g/mol. The maximum atomic E-state index is 13.2. The normalized spacial score (nSPS) is 12.0. The SMILES string of the molecule is CCOC(=O)CN(C(=O)OCc1ccccc1)C([PH2]=S)(SCC(C)C)SCC(C)C. The van der Waals surface area contributed by atoms with Crippen LogP contribution in [0.1, 0.15) is 40.2 Å². The average Bonchev–Trinajstić information content (AvgIpc) is 2.72. The van der Waals surface area contributed by atoms with Gasteiger partial charge in [0.25, 0.3) is 0 Å². The second-order valence-corrected chi connectivity index (χ2v) is 13.0. The van der Waals surface area contributed by atoms with Gasteiger partial charge in [0.2, 0.25) is 0 Å². The second-order valence-electron chi connectivity index (χ2n) is 7.59. The van der Waals surface area contributed by atoms with Gasteiger partial charge in [-0.15, -0.1) is 23.5 Å². The fraction of sp³-hybridized carbons (Fsp3) is 0.619. The van der Waals surface area contributed by atoms with Gasteiger partial charge in [0.1, 0.15) is 13.2 Å². The number of rotatable bonds is 13. The zero-order valence-electron chi connectivity index (χ0n) is 18.5. The van der Waals surface area contributed by atoms with Crippen LogP contribution in [0.5, 0.6) is 0 Å². The summed E-state index contributed by atoms with van der Waals surface area (Å²) in [5.74, 6) is 2.08. The molecule has 1 aromatic rings. The van der Waals surface area contributed by atoms with E-state index in [1.54, 1.807) is 30.4 Å². The molecule has 30 heavy (non-hydrogen) atoms. The summed E-state index contributed by atoms with van der Waals surface area (Å²) >= 11 is 8.92. The third-order valence-electron chi connectivity index (χ3n) is 3.79. The Morgan fingerprint density at radius 2 is 1.63 bits per heavy atom. The Morgan fingerprint density at radius 1 is 1.07 bits per heavy atom. The minimum atomic E-state index is -0.690. The molecule has 0 radical (unpaired) electrons. The molecule has 5 nitrogen and oxygen atoms in total. The first-order valence-corrected chi connectivity index (χ1v) is 14.6. The van der Waals surface area contributed by atoms with Gasteiger partial charge in [-0.1, -0.05) is 69.8 Å². The van der Waals surface area contributed by atoms with Crippen molar-refractivity contribution >= 4 is 54.7 Å². The van der Waals surface area contributed by atoms with Crippen molar-refractivity contribution in [2.75, 3.05) is 24.7 Å². The van der Waals surface area contributed by atoms with E-state index in [1.165, 1.54) is 4.90 Å². The Hall–Kier alpha value is -0.690. The number of esters is 1. The highest BCUT2D eigenvalue weighted by Crippen LogP contribution is 2.50. The molecule has 1 amide bonds. The minimum absolute atomic E-state index is 0.144. The van der Waals surface area contributed by atoms with Gasteiger partial charge in [-0.05, 0) is 43.2 Å². The van der Waals surface area contributed by atoms with Crippen LogP contribution in [0.2, 0.25) is 0 Å². The van der Waals surface area contributed by atoms with Crippen molar-refractivity contribution in [2.45, 2.75) is 45.2 Å². The standard InChI is InChI=1S/C21H34NO4PS3/c1-6-25-19(23)12-22(20(24)26-13-18-10-8-7-9-11-18)21(27-28,29-14-16(2)3)30-15-17(4)5/h7-11,16-17H,6,12-15,27H2,1-5H3. The minimum Gasteiger partial charge on any atom is -0.465 e. The number of benzene rings is 1. The number of carbonyl (C=O) groups excluding carboxylic acids is 2. The molecule has 0 saturated carbocycles. The molecule has 1 unspecified atom stereocenters. The highest BCUT2D eigenvalue weighted by molar-refractivity contribution is 8.27. The number of ether oxygens (including phenoxy) is 2. The first kappa shape index (κ1) is 27.3. The van der Waals surface area contributed by atoms with Gasteiger partial charge >= 0.3 is 12.1 Å². The van der Waals surface area contributed by atoms with E-state index >= 15 is 0 Å². The van der Waals surface area contributed by atoms with Crippen LogP contribution in [0.15, 0.2) is 30.3 Å². The lowest BCUT2D eigenvalue weighted by Gasteiger charge is -2.40. The van der Waals surface area contributed by atoms with E-state index in [-0.39, 0.29) is 19.8 Å². The van der Waals surface area contributed by atoms with Gasteiger partial charge in [-0.25, -0.2) is 4.79 Å². The topological polar surface area (TPSA) is 55.8 Å². The molecule has 0 bridgehead atoms. The molecule has 0 heterocycles. The van der Waals surface area contributed by atoms with E-state index in [1.807, 2.05) is 30.3 Å². The molecule has 1 rings (SSSR count). The fourth-order valence-electron chi connectivity index (χ4n) is 2.34. The molecule has 1 atom stereocenters. The largest absolute Gasteiger partial charge is 0.465 e. The molecule has 0 aliphatic heterocycles. The summed E-state index contributed by atoms with van der Waals surface area (Å²) in [7, 11) is -0.587. The predicted octanol–water partition coefficient (Wildman–Crippen LogP) is 5.45. The highest BCUT2D eigenvalue weighted by Gasteiger charge is 2.41. The molecule has 0 fully saturated rings. The molecule has 9 heteroatoms. The number of amides is 1. The van der Waals surface area contributed by atoms with Crippen LogP contribution in [0, 0.1) is 11.8 Å². The Balaban J connectivity index is 3.16. The molecule has 170 valence electrons. The number of carbonyl (C=O) groups is 2. The molecule has 0 aliphatic carbocycles. The molecule has 0 spiro atoms. The molecular weight excluding hydrogens is 457 g/mol. The highest BCUT2D eigenvalue weighted by atomic mass is 32.4. The summed E-state index contributed by atoms with van der Waals surface area (Å²) in [5, 5.41) is 0. The number of nitrogens with zero attached hydrogens (tertiary/aromatic N) is 1. The molecule has 0 saturated heterocycles. The Labute approximate surface area is 195 Å². The van der Waals surface area contributed by atoms with Crippen molar-refractivity contribution in [1.82, 2.24) is 4.90 Å². The Bertz CT molecular complexity index is 661. The summed E-state index contributed by atoms with van der Waals surface area (Å²) in [6.45, 7) is 10.5. The molecule has 1 aromatic carbocycles. The van der Waals surface area contributed by atoms with Crippen LogP contribution in [0.25, 0.3) is 0 Å². The van der Waals surface area contributed by atoms with Crippen LogP contribution in [-0.2, 0) is 32.7 Å². The van der Waals surface area contributed by atoms with Crippen molar-refractivity contribution in [3.63, 3.8) is 0 Å². The lowest BCUT2D eigenvalue weighted by atomic mass is 10.2. The van der Waals surface area contributed by atoms with Gasteiger partial charge in [-0.3, -0.25) is 9.69 Å². The first-order valence-electron chi connectivity index (χ1n) is 10.1. The third kappa shape index (κ3) is 9.63. The van der Waals surface area contributed by atoms with Crippen molar-refractivity contribution < 1.29 is 19.1 Å². The van der Waals surface area contributed by atoms with Crippen LogP contribution in [0.3, 0.4) is 0 Å². The lowest BCUT2D eigenvalue weighted by molar-refractivity contribution is -0.144. The van der Waals surface area contributed by atoms with Crippen molar-refractivity contribution in [1.29, 1.82) is 0 Å². The summed E-state index contributed by atoms with van der Waals surface area (Å²) in [6, 6.07) is 9.50. The summed E-state index contributed by atoms with van der Waals surface area (Å²) < 4.78 is 10.1. The molecule has 0 N–H and O–H groups in total. The molecule has 0 aliphatic rings. The van der Waals surface area contributed by atoms with Crippen molar-refractivity contribution in [2.24, 2.45) is 11.8 Å². The lowest BCUT2D eigenvalue weighted by Crippen LogP contribution is -2.48. The number of thioether (sulfide) groups is 2. The number of hydrogen-bond donors (Lipinski definition) is 0. The zero-order chi connectivity index (χ0) is 22.6. The third-order valence-corrected chi connectivity index (χ3v) is 11.7. The van der Waals surface area contributed by atoms with E-state index in [0.29, 0.717) is 11.8 Å². The van der Waals surface area contributed by atoms with Gasteiger partial charge in [0.15, 0.2) is 3.94 Å². The van der Waals surface area contributed by atoms with Gasteiger partial charge < -0.3 is 9.47 Å². The predicted molar refractivity (Wildman–Crippen MR) is 134 cm³/mol. The fourth-order valence-corrected chi connectivity index (χ4v) is 7.86. The monoisotopic (exact) mass is 491 g/mol. The Morgan fingerprint density at radius 3 is 2.10 bits per heavy atom. The van der Waals surface area contributed by atoms with Crippen LogP contribution >= 0.6 is 30.9 Å². The van der Waals surface area contributed by atoms with E-state index in [0.717, 1.165) is 17.1 Å². The quantitative estimate of drug-likeness (QED) is 0.207. The zero-order valence-corrected chi connectivity index (χ0v) is 22.1. The van der Waals surface area contributed by atoms with Gasteiger partial charge in [0, 0.05) is 0 Å². The Kier molecular flexibility index (Phi) is 13.1. The molecular formula is C21H34NO4PS3. The van der Waals surface area contributed by atoms with E-state index in [4.69, 9.17) is 21.3 Å². The number of hydrogen-bond acceptors (Lipinski definition) is 7. The maximum Gasteiger partial charge on any atom is 0.412 e. The van der Waals surface area contributed by atoms with Gasteiger partial charge in [0.05, 0.1) is 6.61 Å². The van der Waals surface area contributed by atoms with E-state index < -0.39 is 23.4 Å². The maximum absolute atomic E-state index is 13.2. The first-order chi connectivity index (χ1) is 14.2. The van der Waals surface area contributed by atoms with E-state index in [9.17, 15) is 9.59 Å². The van der Waals surface area contributed by atoms with Crippen molar-refractivity contribution in [3.05, 3.63) is 35.9 Å². The van der Waals surface area contributed by atoms with Crippen LogP contribution in [-0.4, -0.2) is 45.6 Å². The van der Waals surface area contributed by atoms with Crippen LogP contribution in [0.4, 0.5) is 4.79 Å².